The number of amides is 1. The number of hydrogen-bond donors (Lipinski definition) is 2. The van der Waals surface area contributed by atoms with E-state index in [1.807, 2.05) is 36.4 Å². The lowest BCUT2D eigenvalue weighted by Crippen LogP contribution is -3.17. The van der Waals surface area contributed by atoms with E-state index in [0.29, 0.717) is 5.56 Å². The van der Waals surface area contributed by atoms with Crippen molar-refractivity contribution in [2.24, 2.45) is 0 Å². The summed E-state index contributed by atoms with van der Waals surface area (Å²) in [7, 11) is 0. The maximum Gasteiger partial charge on any atom is 0.262 e. The minimum atomic E-state index is -1.54. The number of nitrogens with one attached hydrogen (secondary N) is 2. The maximum atomic E-state index is 12.8. The summed E-state index contributed by atoms with van der Waals surface area (Å²) >= 11 is 18.4. The molecule has 0 aromatic heterocycles. The zero-order valence-corrected chi connectivity index (χ0v) is 14.8. The Labute approximate surface area is 150 Å². The Hall–Kier alpha value is -1.00. The fourth-order valence-electron chi connectivity index (χ4n) is 3.17. The van der Waals surface area contributed by atoms with Gasteiger partial charge >= 0.3 is 0 Å². The van der Waals surface area contributed by atoms with Crippen molar-refractivity contribution >= 4 is 51.5 Å². The van der Waals surface area contributed by atoms with Crippen LogP contribution in [0.5, 0.6) is 0 Å². The molecule has 0 spiro atoms. The topological polar surface area (TPSA) is 33.5 Å². The average Bonchev–Trinajstić information content (AvgIpc) is 3.04. The first-order valence-corrected chi connectivity index (χ1v) is 8.80. The Morgan fingerprint density at radius 1 is 1.04 bits per heavy atom. The molecule has 1 aliphatic rings. The van der Waals surface area contributed by atoms with Crippen molar-refractivity contribution in [2.75, 3.05) is 13.1 Å². The lowest BCUT2D eigenvalue weighted by Gasteiger charge is -2.30. The zero-order valence-electron chi connectivity index (χ0n) is 12.5. The van der Waals surface area contributed by atoms with Gasteiger partial charge in [-0.2, -0.15) is 0 Å². The highest BCUT2D eigenvalue weighted by Crippen LogP contribution is 2.28. The molecule has 6 heteroatoms. The molecule has 1 fully saturated rings. The molecule has 3 rings (SSSR count). The normalized spacial score (nSPS) is 17.3. The van der Waals surface area contributed by atoms with E-state index in [9.17, 15) is 4.79 Å². The van der Waals surface area contributed by atoms with Gasteiger partial charge in [-0.05, 0) is 16.8 Å². The summed E-state index contributed by atoms with van der Waals surface area (Å²) in [4.78, 5) is 13.9. The van der Waals surface area contributed by atoms with E-state index in [0.717, 1.165) is 41.6 Å². The molecular formula is C17H18Cl3N2O+. The molecule has 0 aliphatic carbocycles. The lowest BCUT2D eigenvalue weighted by atomic mass is 10.0. The molecule has 1 heterocycles. The molecule has 0 radical (unpaired) electrons. The van der Waals surface area contributed by atoms with Crippen molar-refractivity contribution in [3.8, 4) is 0 Å². The SMILES string of the molecule is O=C(N[C@@H]([NH+]1CCCC1)C(Cl)(Cl)Cl)c1cccc2ccccc12. The van der Waals surface area contributed by atoms with Crippen LogP contribution in [-0.4, -0.2) is 29.0 Å². The van der Waals surface area contributed by atoms with E-state index in [-0.39, 0.29) is 5.91 Å². The molecule has 23 heavy (non-hydrogen) atoms. The monoisotopic (exact) mass is 371 g/mol. The van der Waals surface area contributed by atoms with E-state index in [1.165, 1.54) is 0 Å². The van der Waals surface area contributed by atoms with E-state index >= 15 is 0 Å². The fraction of sp³-hybridized carbons (Fsp3) is 0.353. The lowest BCUT2D eigenvalue weighted by molar-refractivity contribution is -0.915. The molecule has 2 aromatic carbocycles. The molecule has 1 saturated heterocycles. The molecule has 1 aliphatic heterocycles. The van der Waals surface area contributed by atoms with Gasteiger partial charge in [-0.15, -0.1) is 0 Å². The van der Waals surface area contributed by atoms with Gasteiger partial charge < -0.3 is 4.90 Å². The summed E-state index contributed by atoms with van der Waals surface area (Å²) in [5, 5.41) is 4.84. The van der Waals surface area contributed by atoms with Crippen LogP contribution in [0.4, 0.5) is 0 Å². The van der Waals surface area contributed by atoms with Crippen molar-refractivity contribution < 1.29 is 9.69 Å². The maximum absolute atomic E-state index is 12.8. The second kappa shape index (κ2) is 6.86. The van der Waals surface area contributed by atoms with Gasteiger partial charge in [-0.1, -0.05) is 71.2 Å². The first-order chi connectivity index (χ1) is 11.0. The number of fused-ring (bicyclic) bond motifs is 1. The Kier molecular flexibility index (Phi) is 5.02. The molecular weight excluding hydrogens is 355 g/mol. The van der Waals surface area contributed by atoms with Gasteiger partial charge in [0, 0.05) is 18.4 Å². The van der Waals surface area contributed by atoms with E-state index in [4.69, 9.17) is 34.8 Å². The summed E-state index contributed by atoms with van der Waals surface area (Å²) in [6.07, 6.45) is 1.61. The molecule has 1 atom stereocenters. The molecule has 1 amide bonds. The van der Waals surface area contributed by atoms with Crippen molar-refractivity contribution in [1.29, 1.82) is 0 Å². The van der Waals surface area contributed by atoms with Crippen molar-refractivity contribution in [1.82, 2.24) is 5.32 Å². The Balaban J connectivity index is 1.89. The number of hydrogen-bond acceptors (Lipinski definition) is 1. The molecule has 3 nitrogen and oxygen atoms in total. The van der Waals surface area contributed by atoms with Crippen molar-refractivity contribution in [3.63, 3.8) is 0 Å². The minimum absolute atomic E-state index is 0.211. The second-order valence-corrected chi connectivity index (χ2v) is 8.21. The molecule has 2 aromatic rings. The van der Waals surface area contributed by atoms with Gasteiger partial charge in [-0.3, -0.25) is 10.1 Å². The van der Waals surface area contributed by atoms with Gasteiger partial charge in [-0.25, -0.2) is 0 Å². The van der Waals surface area contributed by atoms with Crippen LogP contribution in [0.15, 0.2) is 42.5 Å². The highest BCUT2D eigenvalue weighted by molar-refractivity contribution is 6.68. The Morgan fingerprint density at radius 2 is 1.70 bits per heavy atom. The van der Waals surface area contributed by atoms with Gasteiger partial charge in [0.1, 0.15) is 0 Å². The van der Waals surface area contributed by atoms with Crippen LogP contribution < -0.4 is 10.2 Å². The predicted molar refractivity (Wildman–Crippen MR) is 95.4 cm³/mol. The second-order valence-electron chi connectivity index (χ2n) is 5.84. The first-order valence-electron chi connectivity index (χ1n) is 7.67. The smallest absolute Gasteiger partial charge is 0.262 e. The standard InChI is InChI=1S/C17H17Cl3N2O/c18-17(19,20)16(22-10-3-4-11-22)21-15(23)14-9-5-7-12-6-1-2-8-13(12)14/h1-2,5-9,16H,3-4,10-11H2,(H,21,23)/p+1/t16-/m0/s1. The van der Waals surface area contributed by atoms with Crippen LogP contribution in [0.1, 0.15) is 23.2 Å². The van der Waals surface area contributed by atoms with Gasteiger partial charge in [0.2, 0.25) is 6.17 Å². The van der Waals surface area contributed by atoms with E-state index < -0.39 is 9.96 Å². The van der Waals surface area contributed by atoms with E-state index in [2.05, 4.69) is 5.32 Å². The average molecular weight is 373 g/mol. The first kappa shape index (κ1) is 16.8. The third-order valence-corrected chi connectivity index (χ3v) is 4.95. The molecule has 2 N–H and O–H groups in total. The highest BCUT2D eigenvalue weighted by atomic mass is 35.6. The third-order valence-electron chi connectivity index (χ3n) is 4.29. The minimum Gasteiger partial charge on any atom is -0.312 e. The summed E-state index contributed by atoms with van der Waals surface area (Å²) in [5.41, 5.74) is 0.598. The van der Waals surface area contributed by atoms with Crippen LogP contribution in [0.25, 0.3) is 10.8 Å². The number of alkyl halides is 3. The van der Waals surface area contributed by atoms with Crippen LogP contribution in [0.3, 0.4) is 0 Å². The summed E-state index contributed by atoms with van der Waals surface area (Å²) in [6.45, 7) is 1.79. The van der Waals surface area contributed by atoms with Crippen LogP contribution in [-0.2, 0) is 0 Å². The number of rotatable bonds is 3. The van der Waals surface area contributed by atoms with Crippen molar-refractivity contribution in [3.05, 3.63) is 48.0 Å². The quantitative estimate of drug-likeness (QED) is 0.798. The van der Waals surface area contributed by atoms with Crippen LogP contribution >= 0.6 is 34.8 Å². The Bertz CT molecular complexity index is 703. The number of carbonyl (C=O) groups excluding carboxylic acids is 1. The highest BCUT2D eigenvalue weighted by Gasteiger charge is 2.43. The Morgan fingerprint density at radius 3 is 2.39 bits per heavy atom. The predicted octanol–water partition coefficient (Wildman–Crippen LogP) is 2.94. The number of likely N-dealkylation sites (tertiary alicyclic amines) is 1. The van der Waals surface area contributed by atoms with E-state index in [1.54, 1.807) is 6.07 Å². The number of halogens is 3. The molecule has 122 valence electrons. The zero-order chi connectivity index (χ0) is 16.4. The number of carbonyl (C=O) groups is 1. The van der Waals surface area contributed by atoms with Crippen LogP contribution in [0, 0.1) is 0 Å². The van der Waals surface area contributed by atoms with Crippen molar-refractivity contribution in [2.45, 2.75) is 22.8 Å². The van der Waals surface area contributed by atoms with Crippen LogP contribution in [0.2, 0.25) is 0 Å². The summed E-state index contributed by atoms with van der Waals surface area (Å²) in [6, 6.07) is 13.4. The van der Waals surface area contributed by atoms with Gasteiger partial charge in [0.15, 0.2) is 0 Å². The molecule has 0 bridgehead atoms. The third kappa shape index (κ3) is 3.74. The number of benzene rings is 2. The van der Waals surface area contributed by atoms with Gasteiger partial charge in [0.05, 0.1) is 13.1 Å². The molecule has 0 saturated carbocycles. The van der Waals surface area contributed by atoms with Gasteiger partial charge in [0.25, 0.3) is 9.70 Å². The summed E-state index contributed by atoms with van der Waals surface area (Å²) in [5.74, 6) is -0.211. The summed E-state index contributed by atoms with van der Waals surface area (Å²) < 4.78 is -1.54. The number of quaternary nitrogens is 1. The fourth-order valence-corrected chi connectivity index (χ4v) is 3.79. The molecule has 0 unspecified atom stereocenters. The largest absolute Gasteiger partial charge is 0.312 e.